The molecule has 1 amide bonds. The van der Waals surface area contributed by atoms with E-state index >= 15 is 4.39 Å². The summed E-state index contributed by atoms with van der Waals surface area (Å²) in [4.78, 5) is 34.7. The normalized spacial score (nSPS) is 18.2. The first kappa shape index (κ1) is 26.1. The molecule has 0 spiro atoms. The van der Waals surface area contributed by atoms with E-state index in [0.29, 0.717) is 45.6 Å². The van der Waals surface area contributed by atoms with Crippen molar-refractivity contribution in [3.8, 4) is 17.3 Å². The molecule has 2 fully saturated rings. The Morgan fingerprint density at radius 1 is 1.07 bits per heavy atom. The van der Waals surface area contributed by atoms with Gasteiger partial charge in [-0.05, 0) is 37.1 Å². The lowest BCUT2D eigenvalue weighted by Gasteiger charge is -2.40. The minimum absolute atomic E-state index is 0.110. The molecular formula is C29H33FN8O2. The largest absolute Gasteiger partial charge is 0.497 e. The molecule has 208 valence electrons. The van der Waals surface area contributed by atoms with Crippen LogP contribution in [0.5, 0.6) is 5.75 Å². The number of nitrogen functional groups attached to an aromatic ring is 1. The molecule has 2 saturated heterocycles. The Bertz CT molecular complexity index is 1480. The van der Waals surface area contributed by atoms with E-state index in [9.17, 15) is 4.79 Å². The van der Waals surface area contributed by atoms with Crippen molar-refractivity contribution in [1.29, 1.82) is 0 Å². The molecule has 2 N–H and O–H groups in total. The van der Waals surface area contributed by atoms with Crippen molar-refractivity contribution in [2.75, 3.05) is 39.0 Å². The van der Waals surface area contributed by atoms with E-state index in [0.717, 1.165) is 33.9 Å². The number of halogens is 1. The summed E-state index contributed by atoms with van der Waals surface area (Å²) in [5.74, 6) is 1.38. The van der Waals surface area contributed by atoms with Crippen LogP contribution in [-0.2, 0) is 11.3 Å². The maximum absolute atomic E-state index is 16.0. The maximum Gasteiger partial charge on any atom is 0.260 e. The molecule has 2 aliphatic rings. The standard InChI is InChI=1S/C29H33FN8O2/c1-40-22-5-6-25-24(16-22)35-26(23-4-2-3-11-32-23)38(25)21-7-12-37(13-8-21)27(39)29(30)9-14-36(15-10-29)19-20-17-33-28(31)34-18-20/h2-6,11,16-18,21H,7-10,12-15,19H2,1H3,(H2,31,33,34). The van der Waals surface area contributed by atoms with E-state index < -0.39 is 5.67 Å². The number of nitrogens with two attached hydrogens (primary N) is 1. The Hall–Kier alpha value is -4.12. The van der Waals surface area contributed by atoms with Gasteiger partial charge in [0.05, 0.1) is 18.1 Å². The van der Waals surface area contributed by atoms with Gasteiger partial charge >= 0.3 is 0 Å². The average molecular weight is 545 g/mol. The topological polar surface area (TPSA) is 115 Å². The van der Waals surface area contributed by atoms with E-state index in [4.69, 9.17) is 15.5 Å². The van der Waals surface area contributed by atoms with Gasteiger partial charge in [-0.1, -0.05) is 6.07 Å². The number of amides is 1. The highest BCUT2D eigenvalue weighted by molar-refractivity contribution is 5.85. The van der Waals surface area contributed by atoms with Crippen molar-refractivity contribution >= 4 is 22.9 Å². The number of ether oxygens (including phenoxy) is 1. The lowest BCUT2D eigenvalue weighted by Crippen LogP contribution is -2.53. The van der Waals surface area contributed by atoms with Crippen LogP contribution in [0.4, 0.5) is 10.3 Å². The first-order valence-corrected chi connectivity index (χ1v) is 13.7. The number of methoxy groups -OCH3 is 1. The number of hydrogen-bond acceptors (Lipinski definition) is 8. The zero-order chi connectivity index (χ0) is 27.7. The van der Waals surface area contributed by atoms with Crippen LogP contribution in [0.25, 0.3) is 22.6 Å². The fourth-order valence-corrected chi connectivity index (χ4v) is 5.85. The molecule has 4 aromatic rings. The summed E-state index contributed by atoms with van der Waals surface area (Å²) in [7, 11) is 1.64. The number of aromatic nitrogens is 5. The average Bonchev–Trinajstić information content (AvgIpc) is 3.38. The van der Waals surface area contributed by atoms with Crippen LogP contribution in [0, 0.1) is 0 Å². The zero-order valence-corrected chi connectivity index (χ0v) is 22.5. The van der Waals surface area contributed by atoms with E-state index in [1.807, 2.05) is 36.4 Å². The van der Waals surface area contributed by atoms with E-state index in [1.165, 1.54) is 0 Å². The number of imidazole rings is 1. The molecule has 0 atom stereocenters. The summed E-state index contributed by atoms with van der Waals surface area (Å²) in [5.41, 5.74) is 7.26. The summed E-state index contributed by atoms with van der Waals surface area (Å²) < 4.78 is 23.6. The van der Waals surface area contributed by atoms with Crippen LogP contribution in [0.2, 0.25) is 0 Å². The highest BCUT2D eigenvalue weighted by atomic mass is 19.1. The number of benzene rings is 1. The van der Waals surface area contributed by atoms with Crippen LogP contribution < -0.4 is 10.5 Å². The molecule has 1 aromatic carbocycles. The quantitative estimate of drug-likeness (QED) is 0.391. The molecule has 0 bridgehead atoms. The van der Waals surface area contributed by atoms with Crippen molar-refractivity contribution in [3.63, 3.8) is 0 Å². The van der Waals surface area contributed by atoms with Crippen molar-refractivity contribution in [2.24, 2.45) is 0 Å². The van der Waals surface area contributed by atoms with Crippen LogP contribution >= 0.6 is 0 Å². The summed E-state index contributed by atoms with van der Waals surface area (Å²) in [6, 6.07) is 11.8. The number of nitrogens with zero attached hydrogens (tertiary/aromatic N) is 7. The minimum atomic E-state index is -1.83. The molecule has 2 aliphatic heterocycles. The summed E-state index contributed by atoms with van der Waals surface area (Å²) in [6.07, 6.45) is 6.92. The van der Waals surface area contributed by atoms with Gasteiger partial charge in [0.15, 0.2) is 11.5 Å². The van der Waals surface area contributed by atoms with Gasteiger partial charge in [0.2, 0.25) is 5.95 Å². The van der Waals surface area contributed by atoms with Gasteiger partial charge in [0.1, 0.15) is 11.4 Å². The maximum atomic E-state index is 16.0. The molecule has 40 heavy (non-hydrogen) atoms. The Labute approximate surface area is 232 Å². The number of fused-ring (bicyclic) bond motifs is 1. The molecule has 10 nitrogen and oxygen atoms in total. The summed E-state index contributed by atoms with van der Waals surface area (Å²) in [5, 5.41) is 0. The van der Waals surface area contributed by atoms with E-state index in [2.05, 4.69) is 24.4 Å². The Morgan fingerprint density at radius 3 is 2.50 bits per heavy atom. The number of pyridine rings is 1. The summed E-state index contributed by atoms with van der Waals surface area (Å²) >= 11 is 0. The number of hydrogen-bond donors (Lipinski definition) is 1. The number of alkyl halides is 1. The predicted molar refractivity (Wildman–Crippen MR) is 149 cm³/mol. The third-order valence-electron chi connectivity index (χ3n) is 8.07. The van der Waals surface area contributed by atoms with Crippen LogP contribution in [0.3, 0.4) is 0 Å². The van der Waals surface area contributed by atoms with Crippen molar-refractivity contribution < 1.29 is 13.9 Å². The number of rotatable bonds is 6. The van der Waals surface area contributed by atoms with Crippen molar-refractivity contribution in [1.82, 2.24) is 34.3 Å². The molecule has 0 unspecified atom stereocenters. The summed E-state index contributed by atoms with van der Waals surface area (Å²) in [6.45, 7) is 2.61. The van der Waals surface area contributed by atoms with Gasteiger partial charge < -0.3 is 19.9 Å². The van der Waals surface area contributed by atoms with E-state index in [-0.39, 0.29) is 30.7 Å². The lowest BCUT2D eigenvalue weighted by atomic mass is 9.90. The number of carbonyl (C=O) groups is 1. The lowest BCUT2D eigenvalue weighted by molar-refractivity contribution is -0.148. The van der Waals surface area contributed by atoms with Gasteiger partial charge in [-0.25, -0.2) is 19.3 Å². The van der Waals surface area contributed by atoms with Gasteiger partial charge in [-0.15, -0.1) is 0 Å². The molecule has 11 heteroatoms. The Kier molecular flexibility index (Phi) is 7.05. The van der Waals surface area contributed by atoms with Gasteiger partial charge in [-0.2, -0.15) is 0 Å². The van der Waals surface area contributed by atoms with Crippen LogP contribution in [0.1, 0.15) is 37.3 Å². The number of carbonyl (C=O) groups excluding carboxylic acids is 1. The highest BCUT2D eigenvalue weighted by Crippen LogP contribution is 2.36. The third-order valence-corrected chi connectivity index (χ3v) is 8.07. The van der Waals surface area contributed by atoms with E-state index in [1.54, 1.807) is 30.6 Å². The van der Waals surface area contributed by atoms with Gasteiger partial charge in [0.25, 0.3) is 5.91 Å². The Morgan fingerprint density at radius 2 is 1.82 bits per heavy atom. The second kappa shape index (κ2) is 10.8. The molecule has 6 rings (SSSR count). The molecular weight excluding hydrogens is 511 g/mol. The minimum Gasteiger partial charge on any atom is -0.497 e. The van der Waals surface area contributed by atoms with Gasteiger partial charge in [0, 0.05) is 81.8 Å². The third kappa shape index (κ3) is 5.08. The zero-order valence-electron chi connectivity index (χ0n) is 22.5. The fraction of sp³-hybridized carbons (Fsp3) is 0.414. The molecule has 0 radical (unpaired) electrons. The predicted octanol–water partition coefficient (Wildman–Crippen LogP) is 3.65. The van der Waals surface area contributed by atoms with Crippen LogP contribution in [0.15, 0.2) is 55.0 Å². The second-order valence-electron chi connectivity index (χ2n) is 10.6. The van der Waals surface area contributed by atoms with Gasteiger partial charge in [-0.3, -0.25) is 14.7 Å². The van der Waals surface area contributed by atoms with Crippen molar-refractivity contribution in [2.45, 2.75) is 43.9 Å². The first-order chi connectivity index (χ1) is 19.4. The number of likely N-dealkylation sites (tertiary alicyclic amines) is 2. The smallest absolute Gasteiger partial charge is 0.260 e. The first-order valence-electron chi connectivity index (χ1n) is 13.7. The fourth-order valence-electron chi connectivity index (χ4n) is 5.85. The van der Waals surface area contributed by atoms with Crippen molar-refractivity contribution in [3.05, 3.63) is 60.6 Å². The highest BCUT2D eigenvalue weighted by Gasteiger charge is 2.45. The number of piperidine rings is 2. The molecule has 0 saturated carbocycles. The molecule has 0 aliphatic carbocycles. The molecule has 3 aromatic heterocycles. The number of anilines is 1. The molecule has 5 heterocycles. The van der Waals surface area contributed by atoms with Crippen LogP contribution in [-0.4, -0.2) is 79.2 Å². The SMILES string of the molecule is COc1ccc2c(c1)nc(-c1ccccn1)n2C1CCN(C(=O)C2(F)CCN(Cc3cnc(N)nc3)CC2)CC1. The second-order valence-corrected chi connectivity index (χ2v) is 10.6. The monoisotopic (exact) mass is 544 g/mol. The Balaban J connectivity index is 1.13.